The van der Waals surface area contributed by atoms with Crippen molar-refractivity contribution in [2.45, 2.75) is 44.1 Å². The van der Waals surface area contributed by atoms with Crippen molar-refractivity contribution >= 4 is 11.8 Å². The van der Waals surface area contributed by atoms with Crippen molar-refractivity contribution in [3.63, 3.8) is 0 Å². The average molecular weight is 330 g/mol. The molecule has 2 saturated heterocycles. The lowest BCUT2D eigenvalue weighted by Crippen LogP contribution is -2.47. The maximum absolute atomic E-state index is 13.4. The third-order valence-electron chi connectivity index (χ3n) is 5.57. The van der Waals surface area contributed by atoms with Gasteiger partial charge in [-0.05, 0) is 49.8 Å². The van der Waals surface area contributed by atoms with Crippen LogP contribution in [-0.4, -0.2) is 47.3 Å². The summed E-state index contributed by atoms with van der Waals surface area (Å²) in [7, 11) is 0. The first-order valence-corrected chi connectivity index (χ1v) is 8.98. The van der Waals surface area contributed by atoms with Gasteiger partial charge < -0.3 is 9.80 Å². The van der Waals surface area contributed by atoms with Gasteiger partial charge in [-0.15, -0.1) is 0 Å². The Morgan fingerprint density at radius 1 is 1.04 bits per heavy atom. The van der Waals surface area contributed by atoms with Crippen molar-refractivity contribution in [1.29, 1.82) is 0 Å². The van der Waals surface area contributed by atoms with Gasteiger partial charge in [-0.1, -0.05) is 12.1 Å². The molecule has 4 nitrogen and oxygen atoms in total. The van der Waals surface area contributed by atoms with Crippen LogP contribution in [-0.2, 0) is 9.59 Å². The Hall–Kier alpha value is -1.91. The zero-order valence-corrected chi connectivity index (χ0v) is 13.8. The molecule has 128 valence electrons. The Bertz CT molecular complexity index is 659. The summed E-state index contributed by atoms with van der Waals surface area (Å²) in [5.41, 5.74) is 0.961. The Morgan fingerprint density at radius 3 is 2.62 bits per heavy atom. The van der Waals surface area contributed by atoms with Crippen molar-refractivity contribution in [2.24, 2.45) is 5.92 Å². The molecule has 3 aliphatic rings. The first-order chi connectivity index (χ1) is 11.6. The molecular formula is C19H23FN2O2. The molecule has 3 fully saturated rings. The lowest BCUT2D eigenvalue weighted by Gasteiger charge is -2.28. The molecule has 1 aromatic rings. The second-order valence-corrected chi connectivity index (χ2v) is 7.29. The molecule has 2 amide bonds. The smallest absolute Gasteiger partial charge is 0.245 e. The van der Waals surface area contributed by atoms with Gasteiger partial charge in [-0.25, -0.2) is 4.39 Å². The van der Waals surface area contributed by atoms with Crippen molar-refractivity contribution < 1.29 is 14.0 Å². The van der Waals surface area contributed by atoms with Gasteiger partial charge in [-0.3, -0.25) is 9.59 Å². The van der Waals surface area contributed by atoms with Crippen LogP contribution in [0.1, 0.15) is 43.6 Å². The van der Waals surface area contributed by atoms with Crippen LogP contribution in [0.4, 0.5) is 4.39 Å². The summed E-state index contributed by atoms with van der Waals surface area (Å²) in [6.07, 6.45) is 4.50. The molecule has 0 radical (unpaired) electrons. The number of halogens is 1. The standard InChI is InChI=1S/C19H23FN2O2/c20-16-4-1-3-14(11-16)15-8-10-21(12-15)19(24)17-5-2-9-22(17)18(23)13-6-7-13/h1,3-4,11,13,15,17H,2,5-10,12H2/t15-,17+/m0/s1. The molecule has 5 heteroatoms. The number of hydrogen-bond donors (Lipinski definition) is 0. The molecular weight excluding hydrogens is 307 g/mol. The average Bonchev–Trinajstić information content (AvgIpc) is 3.12. The zero-order chi connectivity index (χ0) is 16.7. The van der Waals surface area contributed by atoms with E-state index in [1.165, 1.54) is 6.07 Å². The van der Waals surface area contributed by atoms with Crippen LogP contribution >= 0.6 is 0 Å². The van der Waals surface area contributed by atoms with Crippen LogP contribution < -0.4 is 0 Å². The summed E-state index contributed by atoms with van der Waals surface area (Å²) < 4.78 is 13.4. The number of nitrogens with zero attached hydrogens (tertiary/aromatic N) is 2. The van der Waals surface area contributed by atoms with Gasteiger partial charge in [0, 0.05) is 31.5 Å². The molecule has 0 bridgehead atoms. The fourth-order valence-electron chi connectivity index (χ4n) is 4.06. The maximum Gasteiger partial charge on any atom is 0.245 e. The van der Waals surface area contributed by atoms with Crippen molar-refractivity contribution in [3.8, 4) is 0 Å². The fraction of sp³-hybridized carbons (Fsp3) is 0.579. The third-order valence-corrected chi connectivity index (χ3v) is 5.57. The van der Waals surface area contributed by atoms with Gasteiger partial charge in [0.25, 0.3) is 0 Å². The van der Waals surface area contributed by atoms with E-state index in [-0.39, 0.29) is 35.5 Å². The predicted octanol–water partition coefficient (Wildman–Crippen LogP) is 2.54. The Morgan fingerprint density at radius 2 is 1.88 bits per heavy atom. The minimum atomic E-state index is -0.274. The van der Waals surface area contributed by atoms with Crippen molar-refractivity contribution in [1.82, 2.24) is 9.80 Å². The molecule has 2 heterocycles. The lowest BCUT2D eigenvalue weighted by atomic mass is 9.98. The lowest BCUT2D eigenvalue weighted by molar-refractivity contribution is -0.143. The van der Waals surface area contributed by atoms with Crippen molar-refractivity contribution in [2.75, 3.05) is 19.6 Å². The van der Waals surface area contributed by atoms with Gasteiger partial charge in [0.1, 0.15) is 11.9 Å². The number of rotatable bonds is 3. The van der Waals surface area contributed by atoms with Crippen LogP contribution in [0.2, 0.25) is 0 Å². The van der Waals surface area contributed by atoms with E-state index in [4.69, 9.17) is 0 Å². The van der Waals surface area contributed by atoms with Gasteiger partial charge in [0.2, 0.25) is 11.8 Å². The predicted molar refractivity (Wildman–Crippen MR) is 87.8 cm³/mol. The van der Waals surface area contributed by atoms with E-state index >= 15 is 0 Å². The normalized spacial score (nSPS) is 26.9. The monoisotopic (exact) mass is 330 g/mol. The minimum Gasteiger partial charge on any atom is -0.340 e. The summed E-state index contributed by atoms with van der Waals surface area (Å²) in [6.45, 7) is 2.04. The molecule has 0 aromatic heterocycles. The zero-order valence-electron chi connectivity index (χ0n) is 13.8. The molecule has 4 rings (SSSR count). The molecule has 2 aliphatic heterocycles. The maximum atomic E-state index is 13.4. The molecule has 0 spiro atoms. The van der Waals surface area contributed by atoms with E-state index in [1.54, 1.807) is 12.1 Å². The van der Waals surface area contributed by atoms with Gasteiger partial charge in [0.05, 0.1) is 0 Å². The largest absolute Gasteiger partial charge is 0.340 e. The molecule has 0 N–H and O–H groups in total. The van der Waals surface area contributed by atoms with Gasteiger partial charge in [-0.2, -0.15) is 0 Å². The number of carbonyl (C=O) groups is 2. The van der Waals surface area contributed by atoms with Crippen LogP contribution in [0.3, 0.4) is 0 Å². The summed E-state index contributed by atoms with van der Waals surface area (Å²) in [6, 6.07) is 6.39. The highest BCUT2D eigenvalue weighted by Gasteiger charge is 2.43. The quantitative estimate of drug-likeness (QED) is 0.854. The minimum absolute atomic E-state index is 0.0837. The number of benzene rings is 1. The molecule has 1 aliphatic carbocycles. The highest BCUT2D eigenvalue weighted by molar-refractivity contribution is 5.90. The van der Waals surface area contributed by atoms with E-state index < -0.39 is 0 Å². The van der Waals surface area contributed by atoms with E-state index in [2.05, 4.69) is 0 Å². The van der Waals surface area contributed by atoms with E-state index in [0.29, 0.717) is 19.6 Å². The number of hydrogen-bond acceptors (Lipinski definition) is 2. The SMILES string of the molecule is O=C([C@H]1CCCN1C(=O)C1CC1)N1CC[C@H](c2cccc(F)c2)C1. The Balaban J connectivity index is 1.42. The molecule has 24 heavy (non-hydrogen) atoms. The second kappa shape index (κ2) is 6.19. The van der Waals surface area contributed by atoms with Crippen LogP contribution in [0, 0.1) is 11.7 Å². The van der Waals surface area contributed by atoms with Crippen molar-refractivity contribution in [3.05, 3.63) is 35.6 Å². The van der Waals surface area contributed by atoms with E-state index in [9.17, 15) is 14.0 Å². The molecule has 1 saturated carbocycles. The number of amides is 2. The topological polar surface area (TPSA) is 40.6 Å². The number of carbonyl (C=O) groups excluding carboxylic acids is 2. The van der Waals surface area contributed by atoms with Crippen LogP contribution in [0.15, 0.2) is 24.3 Å². The summed E-state index contributed by atoms with van der Waals surface area (Å²) >= 11 is 0. The van der Waals surface area contributed by atoms with Crippen LogP contribution in [0.5, 0.6) is 0 Å². The first-order valence-electron chi connectivity index (χ1n) is 8.98. The summed E-state index contributed by atoms with van der Waals surface area (Å²) in [5.74, 6) is 0.386. The van der Waals surface area contributed by atoms with E-state index in [0.717, 1.165) is 37.7 Å². The highest BCUT2D eigenvalue weighted by atomic mass is 19.1. The molecule has 0 unspecified atom stereocenters. The van der Waals surface area contributed by atoms with Gasteiger partial charge in [0.15, 0.2) is 0 Å². The first kappa shape index (κ1) is 15.6. The third kappa shape index (κ3) is 2.92. The fourth-order valence-corrected chi connectivity index (χ4v) is 4.06. The summed E-state index contributed by atoms with van der Waals surface area (Å²) in [4.78, 5) is 29.0. The molecule has 1 aromatic carbocycles. The highest BCUT2D eigenvalue weighted by Crippen LogP contribution is 2.35. The van der Waals surface area contributed by atoms with Gasteiger partial charge >= 0.3 is 0 Å². The molecule has 2 atom stereocenters. The number of likely N-dealkylation sites (tertiary alicyclic amines) is 2. The Kier molecular flexibility index (Phi) is 4.02. The second-order valence-electron chi connectivity index (χ2n) is 7.29. The van der Waals surface area contributed by atoms with Crippen LogP contribution in [0.25, 0.3) is 0 Å². The summed E-state index contributed by atoms with van der Waals surface area (Å²) in [5, 5.41) is 0. The Labute approximate surface area is 141 Å². The van der Waals surface area contributed by atoms with E-state index in [1.807, 2.05) is 15.9 Å².